The summed E-state index contributed by atoms with van der Waals surface area (Å²) in [6.07, 6.45) is 3.71. The lowest BCUT2D eigenvalue weighted by molar-refractivity contribution is 0.0420. The predicted molar refractivity (Wildman–Crippen MR) is 99.8 cm³/mol. The van der Waals surface area contributed by atoms with Crippen LogP contribution in [0, 0.1) is 0 Å². The largest absolute Gasteiger partial charge is 0.379 e. The molecule has 8 heteroatoms. The normalized spacial score (nSPS) is 17.4. The molecule has 0 saturated carbocycles. The van der Waals surface area contributed by atoms with E-state index in [4.69, 9.17) is 9.47 Å². The zero-order chi connectivity index (χ0) is 18.0. The third kappa shape index (κ3) is 5.53. The van der Waals surface area contributed by atoms with Crippen LogP contribution in [0.4, 0.5) is 0 Å². The van der Waals surface area contributed by atoms with Gasteiger partial charge in [0, 0.05) is 38.9 Å². The second kappa shape index (κ2) is 9.88. The zero-order valence-corrected chi connectivity index (χ0v) is 15.1. The summed E-state index contributed by atoms with van der Waals surface area (Å²) in [5.74, 6) is 1.54. The van der Waals surface area contributed by atoms with E-state index < -0.39 is 0 Å². The molecular weight excluding hydrogens is 332 g/mol. The highest BCUT2D eigenvalue weighted by molar-refractivity contribution is 5.79. The number of aromatic nitrogens is 3. The molecule has 1 aromatic carbocycles. The molecular formula is C18H26N6O2. The van der Waals surface area contributed by atoms with Crippen LogP contribution in [0.1, 0.15) is 18.4 Å². The first-order chi connectivity index (χ1) is 12.8. The maximum absolute atomic E-state index is 5.76. The van der Waals surface area contributed by atoms with E-state index in [-0.39, 0.29) is 6.10 Å². The van der Waals surface area contributed by atoms with Crippen molar-refractivity contribution in [3.63, 3.8) is 0 Å². The minimum Gasteiger partial charge on any atom is -0.379 e. The molecule has 0 bridgehead atoms. The van der Waals surface area contributed by atoms with Crippen molar-refractivity contribution < 1.29 is 9.47 Å². The van der Waals surface area contributed by atoms with Crippen LogP contribution in [-0.4, -0.2) is 60.7 Å². The molecule has 0 spiro atoms. The number of aliphatic imine (C=N–C) groups is 1. The van der Waals surface area contributed by atoms with E-state index in [1.54, 1.807) is 7.05 Å². The highest BCUT2D eigenvalue weighted by Crippen LogP contribution is 2.15. The fraction of sp³-hybridized carbons (Fsp3) is 0.500. The Kier molecular flexibility index (Phi) is 6.97. The van der Waals surface area contributed by atoms with E-state index in [1.807, 2.05) is 12.1 Å². The van der Waals surface area contributed by atoms with Crippen LogP contribution in [0.2, 0.25) is 0 Å². The number of aromatic amines is 1. The van der Waals surface area contributed by atoms with Crippen LogP contribution in [0.15, 0.2) is 35.6 Å². The van der Waals surface area contributed by atoms with Crippen LogP contribution in [0.25, 0.3) is 11.4 Å². The molecule has 1 aliphatic heterocycles. The first-order valence-corrected chi connectivity index (χ1v) is 8.93. The van der Waals surface area contributed by atoms with Crippen molar-refractivity contribution in [2.45, 2.75) is 25.5 Å². The average molecular weight is 358 g/mol. The molecule has 1 aromatic heterocycles. The fourth-order valence-electron chi connectivity index (χ4n) is 2.75. The maximum Gasteiger partial charge on any atom is 0.191 e. The summed E-state index contributed by atoms with van der Waals surface area (Å²) in [5.41, 5.74) is 2.16. The summed E-state index contributed by atoms with van der Waals surface area (Å²) in [6, 6.07) is 8.16. The van der Waals surface area contributed by atoms with Crippen LogP contribution < -0.4 is 10.6 Å². The monoisotopic (exact) mass is 358 g/mol. The van der Waals surface area contributed by atoms with Crippen LogP contribution in [0.5, 0.6) is 0 Å². The summed E-state index contributed by atoms with van der Waals surface area (Å²) < 4.78 is 11.1. The van der Waals surface area contributed by atoms with Crippen molar-refractivity contribution in [3.05, 3.63) is 36.2 Å². The molecule has 1 saturated heterocycles. The van der Waals surface area contributed by atoms with Gasteiger partial charge in [-0.3, -0.25) is 10.1 Å². The van der Waals surface area contributed by atoms with E-state index in [2.05, 4.69) is 42.9 Å². The highest BCUT2D eigenvalue weighted by atomic mass is 16.5. The van der Waals surface area contributed by atoms with Gasteiger partial charge in [0.15, 0.2) is 11.8 Å². The molecule has 0 aliphatic carbocycles. The van der Waals surface area contributed by atoms with Crippen LogP contribution in [-0.2, 0) is 16.0 Å². The molecule has 1 aliphatic rings. The number of H-pyrrole nitrogens is 1. The lowest BCUT2D eigenvalue weighted by Gasteiger charge is -2.13. The number of hydrogen-bond acceptors (Lipinski definition) is 5. The molecule has 26 heavy (non-hydrogen) atoms. The van der Waals surface area contributed by atoms with E-state index in [9.17, 15) is 0 Å². The van der Waals surface area contributed by atoms with Crippen molar-refractivity contribution in [3.8, 4) is 11.4 Å². The van der Waals surface area contributed by atoms with Gasteiger partial charge in [-0.1, -0.05) is 18.2 Å². The van der Waals surface area contributed by atoms with Gasteiger partial charge in [-0.05, 0) is 24.5 Å². The maximum atomic E-state index is 5.76. The number of rotatable bonds is 8. The van der Waals surface area contributed by atoms with Gasteiger partial charge < -0.3 is 20.1 Å². The van der Waals surface area contributed by atoms with Crippen molar-refractivity contribution in [2.24, 2.45) is 4.99 Å². The third-order valence-electron chi connectivity index (χ3n) is 4.15. The Hall–Kier alpha value is -2.45. The van der Waals surface area contributed by atoms with Crippen molar-refractivity contribution in [1.29, 1.82) is 0 Å². The Balaban J connectivity index is 1.38. The summed E-state index contributed by atoms with van der Waals surface area (Å²) in [6.45, 7) is 3.76. The number of ether oxygens (including phenoxy) is 2. The quantitative estimate of drug-likeness (QED) is 0.374. The first-order valence-electron chi connectivity index (χ1n) is 8.93. The standard InChI is InChI=1S/C18H26N6O2/c1-19-18(20-7-3-8-26-16-6-9-25-12-16)21-11-14-4-2-5-15(10-14)17-22-13-23-24-17/h2,4-5,10,13,16H,3,6-9,11-12H2,1H3,(H2,19,20,21)(H,22,23,24). The second-order valence-corrected chi connectivity index (χ2v) is 6.10. The van der Waals surface area contributed by atoms with Crippen molar-refractivity contribution >= 4 is 5.96 Å². The van der Waals surface area contributed by atoms with Gasteiger partial charge in [0.2, 0.25) is 0 Å². The van der Waals surface area contributed by atoms with E-state index in [0.717, 1.165) is 62.1 Å². The molecule has 140 valence electrons. The highest BCUT2D eigenvalue weighted by Gasteiger charge is 2.15. The van der Waals surface area contributed by atoms with Gasteiger partial charge in [0.25, 0.3) is 0 Å². The number of nitrogens with one attached hydrogen (secondary N) is 3. The van der Waals surface area contributed by atoms with Crippen LogP contribution in [0.3, 0.4) is 0 Å². The molecule has 0 radical (unpaired) electrons. The molecule has 0 amide bonds. The van der Waals surface area contributed by atoms with Gasteiger partial charge in [-0.2, -0.15) is 5.10 Å². The SMILES string of the molecule is CN=C(NCCCOC1CCOC1)NCc1cccc(-c2ncn[nH]2)c1. The van der Waals surface area contributed by atoms with Crippen LogP contribution >= 0.6 is 0 Å². The molecule has 3 N–H and O–H groups in total. The Morgan fingerprint density at radius 3 is 3.15 bits per heavy atom. The number of nitrogens with zero attached hydrogens (tertiary/aromatic N) is 3. The molecule has 2 aromatic rings. The predicted octanol–water partition coefficient (Wildman–Crippen LogP) is 1.33. The Labute approximate surface area is 153 Å². The summed E-state index contributed by atoms with van der Waals surface area (Å²) in [5, 5.41) is 13.4. The zero-order valence-electron chi connectivity index (χ0n) is 15.1. The summed E-state index contributed by atoms with van der Waals surface area (Å²) >= 11 is 0. The molecule has 1 atom stereocenters. The van der Waals surface area contributed by atoms with Crippen molar-refractivity contribution in [1.82, 2.24) is 25.8 Å². The van der Waals surface area contributed by atoms with Crippen molar-refractivity contribution in [2.75, 3.05) is 33.4 Å². The lowest BCUT2D eigenvalue weighted by Crippen LogP contribution is -2.37. The number of guanidine groups is 1. The smallest absolute Gasteiger partial charge is 0.191 e. The Bertz CT molecular complexity index is 683. The fourth-order valence-corrected chi connectivity index (χ4v) is 2.75. The molecule has 1 unspecified atom stereocenters. The molecule has 1 fully saturated rings. The van der Waals surface area contributed by atoms with E-state index in [0.29, 0.717) is 6.54 Å². The van der Waals surface area contributed by atoms with Gasteiger partial charge >= 0.3 is 0 Å². The minimum atomic E-state index is 0.268. The Morgan fingerprint density at radius 1 is 1.42 bits per heavy atom. The van der Waals surface area contributed by atoms with Gasteiger partial charge in [-0.25, -0.2) is 4.98 Å². The molecule has 3 rings (SSSR count). The van der Waals surface area contributed by atoms with Gasteiger partial charge in [-0.15, -0.1) is 0 Å². The second-order valence-electron chi connectivity index (χ2n) is 6.10. The number of hydrogen-bond donors (Lipinski definition) is 3. The van der Waals surface area contributed by atoms with E-state index in [1.165, 1.54) is 6.33 Å². The lowest BCUT2D eigenvalue weighted by atomic mass is 10.1. The van der Waals surface area contributed by atoms with Gasteiger partial charge in [0.05, 0.1) is 12.7 Å². The van der Waals surface area contributed by atoms with Gasteiger partial charge in [0.1, 0.15) is 6.33 Å². The summed E-state index contributed by atoms with van der Waals surface area (Å²) in [4.78, 5) is 8.44. The molecule has 8 nitrogen and oxygen atoms in total. The van der Waals surface area contributed by atoms with E-state index >= 15 is 0 Å². The first kappa shape index (κ1) is 18.3. The summed E-state index contributed by atoms with van der Waals surface area (Å²) in [7, 11) is 1.77. The number of benzene rings is 1. The average Bonchev–Trinajstić information content (AvgIpc) is 3.38. The molecule has 2 heterocycles. The topological polar surface area (TPSA) is 96.5 Å². The Morgan fingerprint density at radius 2 is 2.38 bits per heavy atom. The third-order valence-corrected chi connectivity index (χ3v) is 4.15. The minimum absolute atomic E-state index is 0.268.